The van der Waals surface area contributed by atoms with Crippen molar-refractivity contribution in [3.8, 4) is 0 Å². The van der Waals surface area contributed by atoms with Gasteiger partial charge in [-0.25, -0.2) is 17.5 Å². The highest BCUT2D eigenvalue weighted by molar-refractivity contribution is 7.89. The van der Waals surface area contributed by atoms with Crippen LogP contribution >= 0.6 is 11.6 Å². The van der Waals surface area contributed by atoms with Gasteiger partial charge in [-0.2, -0.15) is 0 Å². The number of hydrogen-bond donors (Lipinski definition) is 2. The second kappa shape index (κ2) is 9.94. The van der Waals surface area contributed by atoms with Crippen molar-refractivity contribution in [3.63, 3.8) is 0 Å². The summed E-state index contributed by atoms with van der Waals surface area (Å²) in [4.78, 5) is 12.4. The van der Waals surface area contributed by atoms with E-state index in [1.165, 1.54) is 16.3 Å². The number of sulfonamides is 1. The summed E-state index contributed by atoms with van der Waals surface area (Å²) in [6, 6.07) is 7.86. The van der Waals surface area contributed by atoms with Gasteiger partial charge in [0.15, 0.2) is 0 Å². The molecule has 28 heavy (non-hydrogen) atoms. The first kappa shape index (κ1) is 21.4. The number of nitrogens with zero attached hydrogens (tertiary/aromatic N) is 1. The fraction of sp³-hybridized carbons (Fsp3) is 0.650. The monoisotopic (exact) mass is 427 g/mol. The molecule has 1 saturated carbocycles. The summed E-state index contributed by atoms with van der Waals surface area (Å²) in [7, 11) is -3.06. The maximum Gasteiger partial charge on any atom is 0.315 e. The van der Waals surface area contributed by atoms with E-state index in [1.807, 2.05) is 12.1 Å². The molecule has 0 spiro atoms. The van der Waals surface area contributed by atoms with E-state index in [1.54, 1.807) is 0 Å². The minimum absolute atomic E-state index is 0.0997. The van der Waals surface area contributed by atoms with E-state index < -0.39 is 10.0 Å². The molecule has 1 heterocycles. The maximum absolute atomic E-state index is 12.4. The highest BCUT2D eigenvalue weighted by Gasteiger charge is 2.28. The normalized spacial score (nSPS) is 25.2. The van der Waals surface area contributed by atoms with Crippen LogP contribution in [0.5, 0.6) is 0 Å². The first-order valence-electron chi connectivity index (χ1n) is 10.2. The molecule has 2 aliphatic rings. The van der Waals surface area contributed by atoms with Crippen LogP contribution < -0.4 is 10.6 Å². The quantitative estimate of drug-likeness (QED) is 0.538. The Hall–Kier alpha value is -1.31. The first-order chi connectivity index (χ1) is 13.5. The van der Waals surface area contributed by atoms with E-state index in [-0.39, 0.29) is 17.8 Å². The van der Waals surface area contributed by atoms with E-state index >= 15 is 0 Å². The molecule has 8 heteroatoms. The van der Waals surface area contributed by atoms with E-state index in [0.717, 1.165) is 30.7 Å². The molecule has 2 unspecified atom stereocenters. The molecule has 1 aromatic rings. The molecule has 0 radical (unpaired) electrons. The summed E-state index contributed by atoms with van der Waals surface area (Å²) in [6.45, 7) is 1.54. The average molecular weight is 428 g/mol. The zero-order valence-corrected chi connectivity index (χ0v) is 17.8. The lowest BCUT2D eigenvalue weighted by Crippen LogP contribution is -2.45. The van der Waals surface area contributed by atoms with Crippen LogP contribution in [0.2, 0.25) is 5.02 Å². The van der Waals surface area contributed by atoms with Crippen LogP contribution in [0.25, 0.3) is 0 Å². The van der Waals surface area contributed by atoms with Gasteiger partial charge < -0.3 is 10.6 Å². The summed E-state index contributed by atoms with van der Waals surface area (Å²) < 4.78 is 25.1. The molecular weight excluding hydrogens is 398 g/mol. The predicted octanol–water partition coefficient (Wildman–Crippen LogP) is 3.48. The third kappa shape index (κ3) is 5.84. The van der Waals surface area contributed by atoms with Crippen LogP contribution in [0.4, 0.5) is 4.79 Å². The number of amides is 2. The minimum Gasteiger partial charge on any atom is -0.338 e. The first-order valence-corrected chi connectivity index (χ1v) is 12.2. The van der Waals surface area contributed by atoms with Gasteiger partial charge >= 0.3 is 6.03 Å². The van der Waals surface area contributed by atoms with Crippen molar-refractivity contribution < 1.29 is 13.2 Å². The van der Waals surface area contributed by atoms with Crippen molar-refractivity contribution in [1.82, 2.24) is 14.9 Å². The SMILES string of the molecule is O=C(NCCCN1CCCS1(=O)=O)NC1CCCCCC1c1ccc(Cl)cc1. The lowest BCUT2D eigenvalue weighted by Gasteiger charge is -2.27. The van der Waals surface area contributed by atoms with Gasteiger partial charge in [-0.15, -0.1) is 0 Å². The molecule has 3 rings (SSSR count). The van der Waals surface area contributed by atoms with Crippen molar-refractivity contribution in [2.75, 3.05) is 25.4 Å². The van der Waals surface area contributed by atoms with Gasteiger partial charge in [-0.3, -0.25) is 0 Å². The number of urea groups is 1. The Balaban J connectivity index is 1.48. The Bertz CT molecular complexity index is 754. The lowest BCUT2D eigenvalue weighted by molar-refractivity contribution is 0.233. The second-order valence-corrected chi connectivity index (χ2v) is 10.2. The molecule has 2 fully saturated rings. The fourth-order valence-corrected chi connectivity index (χ4v) is 5.90. The molecule has 156 valence electrons. The van der Waals surface area contributed by atoms with Gasteiger partial charge in [0.2, 0.25) is 10.0 Å². The fourth-order valence-electron chi connectivity index (χ4n) is 4.21. The smallest absolute Gasteiger partial charge is 0.315 e. The Kier molecular flexibility index (Phi) is 7.60. The Morgan fingerprint density at radius 2 is 1.86 bits per heavy atom. The molecule has 0 bridgehead atoms. The van der Waals surface area contributed by atoms with Gasteiger partial charge in [0, 0.05) is 36.6 Å². The summed E-state index contributed by atoms with van der Waals surface area (Å²) in [5.41, 5.74) is 1.22. The Morgan fingerprint density at radius 3 is 2.57 bits per heavy atom. The zero-order chi connectivity index (χ0) is 20.0. The third-order valence-corrected chi connectivity index (χ3v) is 7.91. The van der Waals surface area contributed by atoms with E-state index in [0.29, 0.717) is 38.4 Å². The molecule has 6 nitrogen and oxygen atoms in total. The van der Waals surface area contributed by atoms with Gasteiger partial charge in [0.25, 0.3) is 0 Å². The summed E-state index contributed by atoms with van der Waals surface area (Å²) in [6.07, 6.45) is 6.81. The van der Waals surface area contributed by atoms with Crippen LogP contribution in [-0.4, -0.2) is 50.2 Å². The number of benzene rings is 1. The predicted molar refractivity (Wildman–Crippen MR) is 112 cm³/mol. The van der Waals surface area contributed by atoms with Crippen molar-refractivity contribution in [3.05, 3.63) is 34.9 Å². The number of carbonyl (C=O) groups excluding carboxylic acids is 1. The molecule has 2 amide bonds. The largest absolute Gasteiger partial charge is 0.338 e. The van der Waals surface area contributed by atoms with E-state index in [2.05, 4.69) is 22.8 Å². The minimum atomic E-state index is -3.06. The number of carbonyl (C=O) groups is 1. The van der Waals surface area contributed by atoms with Crippen LogP contribution in [0.15, 0.2) is 24.3 Å². The number of halogens is 1. The maximum atomic E-state index is 12.4. The van der Waals surface area contributed by atoms with E-state index in [9.17, 15) is 13.2 Å². The molecule has 2 N–H and O–H groups in total. The van der Waals surface area contributed by atoms with Crippen molar-refractivity contribution in [1.29, 1.82) is 0 Å². The van der Waals surface area contributed by atoms with Gasteiger partial charge in [0.1, 0.15) is 0 Å². The Morgan fingerprint density at radius 1 is 1.11 bits per heavy atom. The molecule has 1 aliphatic carbocycles. The molecule has 0 aromatic heterocycles. The standard InChI is InChI=1S/C20H30ClN3O3S/c21-17-10-8-16(9-11-17)18-6-2-1-3-7-19(18)23-20(25)22-12-4-13-24-14-5-15-28(24,26)27/h8-11,18-19H,1-7,12-15H2,(H2,22,23,25). The summed E-state index contributed by atoms with van der Waals surface area (Å²) in [5.74, 6) is 0.537. The van der Waals surface area contributed by atoms with Crippen LogP contribution in [-0.2, 0) is 10.0 Å². The van der Waals surface area contributed by atoms with Gasteiger partial charge in [-0.1, -0.05) is 43.0 Å². The molecule has 1 aliphatic heterocycles. The van der Waals surface area contributed by atoms with E-state index in [4.69, 9.17) is 11.6 Å². The lowest BCUT2D eigenvalue weighted by atomic mass is 9.87. The van der Waals surface area contributed by atoms with Crippen molar-refractivity contribution in [2.24, 2.45) is 0 Å². The molecular formula is C20H30ClN3O3S. The zero-order valence-electron chi connectivity index (χ0n) is 16.2. The molecule has 1 aromatic carbocycles. The topological polar surface area (TPSA) is 78.5 Å². The Labute approximate surface area is 173 Å². The average Bonchev–Trinajstić information content (AvgIpc) is 2.85. The second-order valence-electron chi connectivity index (χ2n) is 7.72. The highest BCUT2D eigenvalue weighted by Crippen LogP contribution is 2.32. The summed E-state index contributed by atoms with van der Waals surface area (Å²) >= 11 is 6.02. The van der Waals surface area contributed by atoms with Crippen LogP contribution in [0.3, 0.4) is 0 Å². The summed E-state index contributed by atoms with van der Waals surface area (Å²) in [5, 5.41) is 6.76. The molecule has 1 saturated heterocycles. The molecule has 2 atom stereocenters. The highest BCUT2D eigenvalue weighted by atomic mass is 35.5. The van der Waals surface area contributed by atoms with Crippen LogP contribution in [0, 0.1) is 0 Å². The number of rotatable bonds is 6. The van der Waals surface area contributed by atoms with Crippen LogP contribution in [0.1, 0.15) is 56.4 Å². The third-order valence-electron chi connectivity index (χ3n) is 5.70. The number of nitrogens with one attached hydrogen (secondary N) is 2. The van der Waals surface area contributed by atoms with Crippen molar-refractivity contribution in [2.45, 2.75) is 56.9 Å². The number of hydrogen-bond acceptors (Lipinski definition) is 3. The van der Waals surface area contributed by atoms with Crippen molar-refractivity contribution >= 4 is 27.7 Å². The van der Waals surface area contributed by atoms with Gasteiger partial charge in [-0.05, 0) is 43.4 Å². The van der Waals surface area contributed by atoms with Gasteiger partial charge in [0.05, 0.1) is 5.75 Å².